The average Bonchev–Trinajstić information content (AvgIpc) is 2.43. The molecule has 0 fully saturated rings. The minimum Gasteiger partial charge on any atom is -0.496 e. The molecule has 0 aliphatic carbocycles. The number of methoxy groups -OCH3 is 1. The summed E-state index contributed by atoms with van der Waals surface area (Å²) in [5.74, 6) is 0.266. The molecule has 0 radical (unpaired) electrons. The Hall–Kier alpha value is -2.01. The number of hydrogen-bond donors (Lipinski definition) is 1. The Bertz CT molecular complexity index is 650. The second-order valence-electron chi connectivity index (χ2n) is 4.66. The van der Waals surface area contributed by atoms with Crippen LogP contribution in [0.15, 0.2) is 40.9 Å². The first-order chi connectivity index (χ1) is 9.99. The van der Waals surface area contributed by atoms with Crippen LogP contribution in [-0.2, 0) is 11.3 Å². The zero-order chi connectivity index (χ0) is 15.4. The van der Waals surface area contributed by atoms with E-state index in [9.17, 15) is 4.79 Å². The van der Waals surface area contributed by atoms with Gasteiger partial charge in [0.25, 0.3) is 0 Å². The molecule has 2 N–H and O–H groups in total. The smallest absolute Gasteiger partial charge is 0.338 e. The monoisotopic (exact) mass is 349 g/mol. The van der Waals surface area contributed by atoms with Crippen molar-refractivity contribution in [2.45, 2.75) is 13.5 Å². The van der Waals surface area contributed by atoms with Crippen molar-refractivity contribution in [2.24, 2.45) is 0 Å². The molecule has 0 bridgehead atoms. The van der Waals surface area contributed by atoms with Gasteiger partial charge in [-0.05, 0) is 48.9 Å². The summed E-state index contributed by atoms with van der Waals surface area (Å²) in [5.41, 5.74) is 8.44. The fourth-order valence-electron chi connectivity index (χ4n) is 2.02. The highest BCUT2D eigenvalue weighted by molar-refractivity contribution is 9.10. The third kappa shape index (κ3) is 3.98. The summed E-state index contributed by atoms with van der Waals surface area (Å²) >= 11 is 3.38. The van der Waals surface area contributed by atoms with Crippen molar-refractivity contribution in [3.8, 4) is 5.75 Å². The Labute approximate surface area is 132 Å². The lowest BCUT2D eigenvalue weighted by Crippen LogP contribution is -2.07. The van der Waals surface area contributed by atoms with Gasteiger partial charge in [-0.25, -0.2) is 4.79 Å². The van der Waals surface area contributed by atoms with Gasteiger partial charge in [0.2, 0.25) is 0 Å². The molecule has 110 valence electrons. The first kappa shape index (κ1) is 15.4. The maximum atomic E-state index is 12.1. The summed E-state index contributed by atoms with van der Waals surface area (Å²) in [6, 6.07) is 10.7. The summed E-state index contributed by atoms with van der Waals surface area (Å²) < 4.78 is 11.5. The van der Waals surface area contributed by atoms with E-state index in [1.165, 1.54) is 0 Å². The first-order valence-electron chi connectivity index (χ1n) is 6.36. The molecule has 0 atom stereocenters. The molecule has 0 spiro atoms. The number of nitrogens with two attached hydrogens (primary N) is 1. The van der Waals surface area contributed by atoms with Crippen LogP contribution in [-0.4, -0.2) is 13.1 Å². The molecule has 0 aliphatic rings. The maximum Gasteiger partial charge on any atom is 0.338 e. The first-order valence-corrected chi connectivity index (χ1v) is 7.15. The highest BCUT2D eigenvalue weighted by atomic mass is 79.9. The SMILES string of the molecule is COc1ccc(Br)cc1COC(=O)c1cc(C)cc(N)c1. The average molecular weight is 350 g/mol. The molecule has 0 unspecified atom stereocenters. The van der Waals surface area contributed by atoms with E-state index in [0.717, 1.165) is 15.6 Å². The van der Waals surface area contributed by atoms with Crippen molar-refractivity contribution in [2.75, 3.05) is 12.8 Å². The Morgan fingerprint density at radius 1 is 1.24 bits per heavy atom. The van der Waals surface area contributed by atoms with Crippen LogP contribution in [0.3, 0.4) is 0 Å². The standard InChI is InChI=1S/C16H16BrNO3/c1-10-5-11(8-14(18)6-10)16(19)21-9-12-7-13(17)3-4-15(12)20-2/h3-8H,9,18H2,1-2H3. The van der Waals surface area contributed by atoms with Gasteiger partial charge in [0.1, 0.15) is 12.4 Å². The van der Waals surface area contributed by atoms with Crippen LogP contribution < -0.4 is 10.5 Å². The minimum atomic E-state index is -0.410. The fourth-order valence-corrected chi connectivity index (χ4v) is 2.43. The van der Waals surface area contributed by atoms with Crippen molar-refractivity contribution >= 4 is 27.6 Å². The number of nitrogen functional groups attached to an aromatic ring is 1. The van der Waals surface area contributed by atoms with Crippen LogP contribution in [0.25, 0.3) is 0 Å². The molecular weight excluding hydrogens is 334 g/mol. The largest absolute Gasteiger partial charge is 0.496 e. The molecule has 0 aromatic heterocycles. The predicted octanol–water partition coefficient (Wildman–Crippen LogP) is 3.71. The molecule has 2 aromatic carbocycles. The van der Waals surface area contributed by atoms with Gasteiger partial charge in [0.05, 0.1) is 12.7 Å². The predicted molar refractivity (Wildman–Crippen MR) is 85.4 cm³/mol. The number of esters is 1. The fraction of sp³-hybridized carbons (Fsp3) is 0.188. The third-order valence-corrected chi connectivity index (χ3v) is 3.43. The van der Waals surface area contributed by atoms with Crippen LogP contribution in [0, 0.1) is 6.92 Å². The normalized spacial score (nSPS) is 10.2. The molecule has 0 heterocycles. The van der Waals surface area contributed by atoms with E-state index in [-0.39, 0.29) is 6.61 Å². The van der Waals surface area contributed by atoms with Gasteiger partial charge >= 0.3 is 5.97 Å². The molecule has 0 aliphatic heterocycles. The van der Waals surface area contributed by atoms with Crippen molar-refractivity contribution in [1.82, 2.24) is 0 Å². The summed E-state index contributed by atoms with van der Waals surface area (Å²) in [7, 11) is 1.58. The van der Waals surface area contributed by atoms with Gasteiger partial charge in [0.15, 0.2) is 0 Å². The van der Waals surface area contributed by atoms with E-state index in [1.807, 2.05) is 25.1 Å². The van der Waals surface area contributed by atoms with Gasteiger partial charge < -0.3 is 15.2 Å². The zero-order valence-electron chi connectivity index (χ0n) is 11.9. The van der Waals surface area contributed by atoms with Crippen LogP contribution in [0.4, 0.5) is 5.69 Å². The minimum absolute atomic E-state index is 0.134. The van der Waals surface area contributed by atoms with Crippen molar-refractivity contribution in [3.63, 3.8) is 0 Å². The number of carbonyl (C=O) groups excluding carboxylic acids is 1. The van der Waals surface area contributed by atoms with E-state index in [1.54, 1.807) is 25.3 Å². The number of benzene rings is 2. The van der Waals surface area contributed by atoms with Crippen LogP contribution in [0.1, 0.15) is 21.5 Å². The van der Waals surface area contributed by atoms with E-state index < -0.39 is 5.97 Å². The van der Waals surface area contributed by atoms with Crippen molar-refractivity contribution in [3.05, 3.63) is 57.6 Å². The van der Waals surface area contributed by atoms with Gasteiger partial charge in [-0.2, -0.15) is 0 Å². The Morgan fingerprint density at radius 3 is 2.67 bits per heavy atom. The Morgan fingerprint density at radius 2 is 2.00 bits per heavy atom. The van der Waals surface area contributed by atoms with Crippen LogP contribution in [0.5, 0.6) is 5.75 Å². The molecule has 2 rings (SSSR count). The highest BCUT2D eigenvalue weighted by Crippen LogP contribution is 2.24. The number of ether oxygens (including phenoxy) is 2. The number of carbonyl (C=O) groups is 1. The maximum absolute atomic E-state index is 12.1. The lowest BCUT2D eigenvalue weighted by atomic mass is 10.1. The Balaban J connectivity index is 2.12. The van der Waals surface area contributed by atoms with E-state index in [4.69, 9.17) is 15.2 Å². The van der Waals surface area contributed by atoms with Crippen LogP contribution >= 0.6 is 15.9 Å². The number of rotatable bonds is 4. The quantitative estimate of drug-likeness (QED) is 0.675. The highest BCUT2D eigenvalue weighted by Gasteiger charge is 2.11. The summed E-state index contributed by atoms with van der Waals surface area (Å²) in [6.07, 6.45) is 0. The zero-order valence-corrected chi connectivity index (χ0v) is 13.4. The van der Waals surface area contributed by atoms with Crippen LogP contribution in [0.2, 0.25) is 0 Å². The summed E-state index contributed by atoms with van der Waals surface area (Å²) in [4.78, 5) is 12.1. The lowest BCUT2D eigenvalue weighted by molar-refractivity contribution is 0.0470. The van der Waals surface area contributed by atoms with Gasteiger partial charge in [-0.15, -0.1) is 0 Å². The van der Waals surface area contributed by atoms with Crippen molar-refractivity contribution in [1.29, 1.82) is 0 Å². The lowest BCUT2D eigenvalue weighted by Gasteiger charge is -2.10. The van der Waals surface area contributed by atoms with E-state index in [0.29, 0.717) is 17.0 Å². The molecular formula is C16H16BrNO3. The second kappa shape index (κ2) is 6.63. The molecule has 0 saturated carbocycles. The molecule has 21 heavy (non-hydrogen) atoms. The molecule has 5 heteroatoms. The summed E-state index contributed by atoms with van der Waals surface area (Å²) in [6.45, 7) is 2.01. The third-order valence-electron chi connectivity index (χ3n) is 2.94. The second-order valence-corrected chi connectivity index (χ2v) is 5.58. The number of anilines is 1. The van der Waals surface area contributed by atoms with E-state index >= 15 is 0 Å². The molecule has 0 amide bonds. The molecule has 0 saturated heterocycles. The summed E-state index contributed by atoms with van der Waals surface area (Å²) in [5, 5.41) is 0. The Kier molecular flexibility index (Phi) is 4.85. The van der Waals surface area contributed by atoms with Gasteiger partial charge in [-0.1, -0.05) is 15.9 Å². The number of aryl methyl sites for hydroxylation is 1. The number of hydrogen-bond acceptors (Lipinski definition) is 4. The molecule has 4 nitrogen and oxygen atoms in total. The van der Waals surface area contributed by atoms with E-state index in [2.05, 4.69) is 15.9 Å². The van der Waals surface area contributed by atoms with Crippen molar-refractivity contribution < 1.29 is 14.3 Å². The topological polar surface area (TPSA) is 61.5 Å². The molecule has 2 aromatic rings. The van der Waals surface area contributed by atoms with Gasteiger partial charge in [-0.3, -0.25) is 0 Å². The number of halogens is 1. The van der Waals surface area contributed by atoms with Gasteiger partial charge in [0, 0.05) is 15.7 Å².